The number of anilines is 3. The van der Waals surface area contributed by atoms with Crippen LogP contribution in [0.15, 0.2) is 24.4 Å². The predicted octanol–water partition coefficient (Wildman–Crippen LogP) is 2.08. The molecule has 1 aliphatic rings. The van der Waals surface area contributed by atoms with Gasteiger partial charge in [0, 0.05) is 38.8 Å². The molecule has 0 bridgehead atoms. The van der Waals surface area contributed by atoms with Crippen molar-refractivity contribution in [3.05, 3.63) is 35.2 Å². The fourth-order valence-corrected chi connectivity index (χ4v) is 2.63. The first-order valence-corrected chi connectivity index (χ1v) is 7.83. The van der Waals surface area contributed by atoms with Crippen molar-refractivity contribution in [1.29, 1.82) is 0 Å². The summed E-state index contributed by atoms with van der Waals surface area (Å²) in [5, 5.41) is 10.8. The van der Waals surface area contributed by atoms with Crippen LogP contribution < -0.4 is 10.2 Å². The average Bonchev–Trinajstić information content (AvgIpc) is 2.58. The Labute approximate surface area is 143 Å². The Morgan fingerprint density at radius 2 is 2.04 bits per heavy atom. The second-order valence-corrected chi connectivity index (χ2v) is 5.79. The SMILES string of the molecule is CC(=O)N1CCN(c2cnnc(Nc3ccc(F)c(Cl)c3)n2)CC1. The van der Waals surface area contributed by atoms with Crippen molar-refractivity contribution < 1.29 is 9.18 Å². The van der Waals surface area contributed by atoms with E-state index in [-0.39, 0.29) is 10.9 Å². The van der Waals surface area contributed by atoms with E-state index in [0.717, 1.165) is 0 Å². The molecule has 0 saturated carbocycles. The third-order valence-corrected chi connectivity index (χ3v) is 4.06. The van der Waals surface area contributed by atoms with E-state index in [1.807, 2.05) is 4.90 Å². The van der Waals surface area contributed by atoms with Gasteiger partial charge < -0.3 is 15.1 Å². The highest BCUT2D eigenvalue weighted by atomic mass is 35.5. The van der Waals surface area contributed by atoms with Gasteiger partial charge in [0.1, 0.15) is 5.82 Å². The molecular weight excluding hydrogens is 335 g/mol. The lowest BCUT2D eigenvalue weighted by atomic mass is 10.3. The highest BCUT2D eigenvalue weighted by Gasteiger charge is 2.20. The summed E-state index contributed by atoms with van der Waals surface area (Å²) in [6.45, 7) is 4.23. The number of aromatic nitrogens is 3. The van der Waals surface area contributed by atoms with Crippen LogP contribution >= 0.6 is 11.6 Å². The van der Waals surface area contributed by atoms with Crippen LogP contribution in [0.5, 0.6) is 0 Å². The Morgan fingerprint density at radius 1 is 1.29 bits per heavy atom. The van der Waals surface area contributed by atoms with Crippen molar-refractivity contribution in [2.45, 2.75) is 6.92 Å². The van der Waals surface area contributed by atoms with Crippen molar-refractivity contribution >= 4 is 35.0 Å². The lowest BCUT2D eigenvalue weighted by molar-refractivity contribution is -0.129. The summed E-state index contributed by atoms with van der Waals surface area (Å²) in [4.78, 5) is 19.6. The predicted molar refractivity (Wildman–Crippen MR) is 89.0 cm³/mol. The Kier molecular flexibility index (Phi) is 4.75. The zero-order valence-corrected chi connectivity index (χ0v) is 13.8. The number of nitrogens with zero attached hydrogens (tertiary/aromatic N) is 5. The first-order chi connectivity index (χ1) is 11.5. The third kappa shape index (κ3) is 3.70. The minimum absolute atomic E-state index is 0.0180. The molecule has 2 aromatic rings. The first kappa shape index (κ1) is 16.4. The molecule has 1 aliphatic heterocycles. The Bertz CT molecular complexity index is 750. The molecule has 1 N–H and O–H groups in total. The number of hydrogen-bond acceptors (Lipinski definition) is 6. The van der Waals surface area contributed by atoms with E-state index >= 15 is 0 Å². The van der Waals surface area contributed by atoms with Gasteiger partial charge in [0.15, 0.2) is 5.82 Å². The summed E-state index contributed by atoms with van der Waals surface area (Å²) < 4.78 is 13.2. The number of rotatable bonds is 3. The van der Waals surface area contributed by atoms with Crippen LogP contribution in [-0.4, -0.2) is 52.2 Å². The number of hydrogen-bond donors (Lipinski definition) is 1. The molecule has 126 valence electrons. The van der Waals surface area contributed by atoms with Crippen LogP contribution in [0.1, 0.15) is 6.92 Å². The molecule has 7 nitrogen and oxygen atoms in total. The molecule has 1 fully saturated rings. The zero-order valence-electron chi connectivity index (χ0n) is 13.0. The Hall–Kier alpha value is -2.48. The van der Waals surface area contributed by atoms with Crippen molar-refractivity contribution in [2.75, 3.05) is 36.4 Å². The topological polar surface area (TPSA) is 74.2 Å². The van der Waals surface area contributed by atoms with Gasteiger partial charge in [-0.2, -0.15) is 10.1 Å². The van der Waals surface area contributed by atoms with Gasteiger partial charge >= 0.3 is 0 Å². The number of benzene rings is 1. The number of nitrogens with one attached hydrogen (secondary N) is 1. The van der Waals surface area contributed by atoms with E-state index in [1.54, 1.807) is 24.1 Å². The molecule has 3 rings (SSSR count). The Balaban J connectivity index is 1.70. The zero-order chi connectivity index (χ0) is 17.1. The maximum atomic E-state index is 13.2. The number of amides is 1. The summed E-state index contributed by atoms with van der Waals surface area (Å²) in [6.07, 6.45) is 1.58. The van der Waals surface area contributed by atoms with E-state index in [9.17, 15) is 9.18 Å². The molecule has 1 aromatic heterocycles. The second kappa shape index (κ2) is 6.96. The van der Waals surface area contributed by atoms with Crippen molar-refractivity contribution in [3.63, 3.8) is 0 Å². The lowest BCUT2D eigenvalue weighted by Gasteiger charge is -2.34. The quantitative estimate of drug-likeness (QED) is 0.913. The van der Waals surface area contributed by atoms with Gasteiger partial charge in [-0.3, -0.25) is 4.79 Å². The fourth-order valence-electron chi connectivity index (χ4n) is 2.45. The maximum Gasteiger partial charge on any atom is 0.249 e. The van der Waals surface area contributed by atoms with Crippen LogP contribution in [0, 0.1) is 5.82 Å². The molecule has 24 heavy (non-hydrogen) atoms. The number of piperazine rings is 1. The van der Waals surface area contributed by atoms with Gasteiger partial charge in [0.05, 0.1) is 11.2 Å². The molecule has 1 amide bonds. The molecule has 1 saturated heterocycles. The van der Waals surface area contributed by atoms with Crippen LogP contribution in [0.3, 0.4) is 0 Å². The van der Waals surface area contributed by atoms with Crippen LogP contribution in [0.4, 0.5) is 21.8 Å². The molecule has 2 heterocycles. The molecule has 0 radical (unpaired) electrons. The summed E-state index contributed by atoms with van der Waals surface area (Å²) in [7, 11) is 0. The summed E-state index contributed by atoms with van der Waals surface area (Å²) >= 11 is 5.76. The summed E-state index contributed by atoms with van der Waals surface area (Å²) in [5.74, 6) is 0.553. The highest BCUT2D eigenvalue weighted by molar-refractivity contribution is 6.31. The molecule has 0 spiro atoms. The summed E-state index contributed by atoms with van der Waals surface area (Å²) in [6, 6.07) is 4.27. The van der Waals surface area contributed by atoms with Gasteiger partial charge in [-0.05, 0) is 18.2 Å². The molecule has 0 atom stereocenters. The minimum atomic E-state index is -0.488. The molecule has 0 aliphatic carbocycles. The van der Waals surface area contributed by atoms with Gasteiger partial charge in [-0.15, -0.1) is 5.10 Å². The van der Waals surface area contributed by atoms with Gasteiger partial charge in [0.25, 0.3) is 0 Å². The van der Waals surface area contributed by atoms with E-state index in [1.165, 1.54) is 12.1 Å². The molecule has 0 unspecified atom stereocenters. The van der Waals surface area contributed by atoms with Crippen molar-refractivity contribution in [1.82, 2.24) is 20.1 Å². The second-order valence-electron chi connectivity index (χ2n) is 5.39. The fraction of sp³-hybridized carbons (Fsp3) is 0.333. The van der Waals surface area contributed by atoms with Crippen LogP contribution in [0.2, 0.25) is 5.02 Å². The third-order valence-electron chi connectivity index (χ3n) is 3.77. The van der Waals surface area contributed by atoms with Crippen molar-refractivity contribution in [2.24, 2.45) is 0 Å². The molecular formula is C15H16ClFN6O. The average molecular weight is 351 g/mol. The van der Waals surface area contributed by atoms with Crippen LogP contribution in [-0.2, 0) is 4.79 Å². The van der Waals surface area contributed by atoms with Gasteiger partial charge in [-0.1, -0.05) is 11.6 Å². The largest absolute Gasteiger partial charge is 0.352 e. The van der Waals surface area contributed by atoms with E-state index in [0.29, 0.717) is 43.6 Å². The van der Waals surface area contributed by atoms with E-state index < -0.39 is 5.82 Å². The number of halogens is 2. The first-order valence-electron chi connectivity index (χ1n) is 7.45. The smallest absolute Gasteiger partial charge is 0.249 e. The Morgan fingerprint density at radius 3 is 2.71 bits per heavy atom. The maximum absolute atomic E-state index is 13.2. The number of carbonyl (C=O) groups excluding carboxylic acids is 1. The number of carbonyl (C=O) groups is 1. The lowest BCUT2D eigenvalue weighted by Crippen LogP contribution is -2.48. The van der Waals surface area contributed by atoms with Gasteiger partial charge in [-0.25, -0.2) is 4.39 Å². The standard InChI is InChI=1S/C15H16ClFN6O/c1-10(24)22-4-6-23(7-5-22)14-9-18-21-15(20-14)19-11-2-3-13(17)12(16)8-11/h2-3,8-9H,4-7H2,1H3,(H,19,20,21). The van der Waals surface area contributed by atoms with Crippen molar-refractivity contribution in [3.8, 4) is 0 Å². The minimum Gasteiger partial charge on any atom is -0.352 e. The monoisotopic (exact) mass is 350 g/mol. The molecule has 1 aromatic carbocycles. The summed E-state index contributed by atoms with van der Waals surface area (Å²) in [5.41, 5.74) is 0.571. The van der Waals surface area contributed by atoms with E-state index in [2.05, 4.69) is 20.5 Å². The van der Waals surface area contributed by atoms with Gasteiger partial charge in [0.2, 0.25) is 11.9 Å². The normalized spacial score (nSPS) is 14.6. The van der Waals surface area contributed by atoms with E-state index in [4.69, 9.17) is 11.6 Å². The highest BCUT2D eigenvalue weighted by Crippen LogP contribution is 2.22. The van der Waals surface area contributed by atoms with Crippen LogP contribution in [0.25, 0.3) is 0 Å². The molecule has 9 heteroatoms.